The number of nitrogens with zero attached hydrogens (tertiary/aromatic N) is 2. The van der Waals surface area contributed by atoms with Crippen LogP contribution in [0.1, 0.15) is 11.3 Å². The van der Waals surface area contributed by atoms with Crippen LogP contribution >= 0.6 is 0 Å². The van der Waals surface area contributed by atoms with E-state index in [2.05, 4.69) is 20.1 Å². The van der Waals surface area contributed by atoms with E-state index < -0.39 is 12.5 Å². The lowest BCUT2D eigenvalue weighted by molar-refractivity contribution is -0.115. The van der Waals surface area contributed by atoms with E-state index in [9.17, 15) is 18.4 Å². The smallest absolute Gasteiger partial charge is 0.387 e. The maximum absolute atomic E-state index is 12.4. The van der Waals surface area contributed by atoms with Gasteiger partial charge in [-0.2, -0.15) is 8.78 Å². The van der Waals surface area contributed by atoms with Gasteiger partial charge in [-0.15, -0.1) is 0 Å². The minimum atomic E-state index is -2.95. The SMILES string of the molecule is Cc1nc2cc[nH]n2c(=O)c1CC(=O)Nc1cccc(OC(F)F)c1. The third-order valence-corrected chi connectivity index (χ3v) is 3.53. The molecule has 0 unspecified atom stereocenters. The van der Waals surface area contributed by atoms with Crippen LogP contribution in [0.5, 0.6) is 5.75 Å². The molecule has 1 aromatic carbocycles. The fraction of sp³-hybridized carbons (Fsp3) is 0.188. The van der Waals surface area contributed by atoms with E-state index in [0.717, 1.165) is 0 Å². The molecule has 0 saturated carbocycles. The molecule has 3 aromatic rings. The maximum atomic E-state index is 12.4. The fourth-order valence-electron chi connectivity index (χ4n) is 2.43. The Labute approximate surface area is 140 Å². The molecule has 1 amide bonds. The van der Waals surface area contributed by atoms with Crippen molar-refractivity contribution in [1.29, 1.82) is 0 Å². The van der Waals surface area contributed by atoms with Crippen LogP contribution in [0.3, 0.4) is 0 Å². The molecule has 2 aromatic heterocycles. The van der Waals surface area contributed by atoms with Crippen molar-refractivity contribution in [2.24, 2.45) is 0 Å². The van der Waals surface area contributed by atoms with E-state index in [0.29, 0.717) is 11.3 Å². The summed E-state index contributed by atoms with van der Waals surface area (Å²) >= 11 is 0. The van der Waals surface area contributed by atoms with E-state index in [-0.39, 0.29) is 29.0 Å². The first-order valence-electron chi connectivity index (χ1n) is 7.34. The number of aromatic nitrogens is 3. The first kappa shape index (κ1) is 16.6. The Bertz CT molecular complexity index is 981. The summed E-state index contributed by atoms with van der Waals surface area (Å²) < 4.78 is 30.0. The molecule has 0 aliphatic rings. The highest BCUT2D eigenvalue weighted by Crippen LogP contribution is 2.19. The molecule has 0 aliphatic carbocycles. The minimum Gasteiger partial charge on any atom is -0.435 e. The summed E-state index contributed by atoms with van der Waals surface area (Å²) in [4.78, 5) is 28.8. The number of aryl methyl sites for hydroxylation is 1. The van der Waals surface area contributed by atoms with E-state index >= 15 is 0 Å². The number of hydrogen-bond donors (Lipinski definition) is 2. The summed E-state index contributed by atoms with van der Waals surface area (Å²) in [6, 6.07) is 7.27. The zero-order valence-electron chi connectivity index (χ0n) is 13.1. The lowest BCUT2D eigenvalue weighted by atomic mass is 10.1. The molecule has 0 fully saturated rings. The average molecular weight is 348 g/mol. The van der Waals surface area contributed by atoms with Gasteiger partial charge in [0.1, 0.15) is 5.75 Å². The summed E-state index contributed by atoms with van der Waals surface area (Å²) in [5.41, 5.74) is 1.09. The largest absolute Gasteiger partial charge is 0.435 e. The van der Waals surface area contributed by atoms with Gasteiger partial charge in [-0.05, 0) is 19.1 Å². The number of hydrogen-bond acceptors (Lipinski definition) is 4. The summed E-state index contributed by atoms with van der Waals surface area (Å²) in [7, 11) is 0. The second kappa shape index (κ2) is 6.71. The second-order valence-corrected chi connectivity index (χ2v) is 5.27. The Kier molecular flexibility index (Phi) is 4.46. The van der Waals surface area contributed by atoms with Gasteiger partial charge in [0.15, 0.2) is 5.65 Å². The van der Waals surface area contributed by atoms with Crippen molar-refractivity contribution < 1.29 is 18.3 Å². The summed E-state index contributed by atoms with van der Waals surface area (Å²) in [5, 5.41) is 5.28. The number of aromatic amines is 1. The number of nitrogens with one attached hydrogen (secondary N) is 2. The molecule has 25 heavy (non-hydrogen) atoms. The molecule has 130 valence electrons. The monoisotopic (exact) mass is 348 g/mol. The van der Waals surface area contributed by atoms with Crippen LogP contribution in [0.15, 0.2) is 41.3 Å². The number of carbonyl (C=O) groups is 1. The Morgan fingerprint density at radius 3 is 2.96 bits per heavy atom. The molecule has 9 heteroatoms. The number of benzene rings is 1. The van der Waals surface area contributed by atoms with Crippen molar-refractivity contribution in [3.05, 3.63) is 58.1 Å². The second-order valence-electron chi connectivity index (χ2n) is 5.27. The Hall–Kier alpha value is -3.23. The third kappa shape index (κ3) is 3.65. The number of carbonyl (C=O) groups excluding carboxylic acids is 1. The average Bonchev–Trinajstić information content (AvgIpc) is 2.99. The molecule has 0 saturated heterocycles. The number of anilines is 1. The van der Waals surface area contributed by atoms with Crippen LogP contribution in [0.4, 0.5) is 14.5 Å². The van der Waals surface area contributed by atoms with Crippen molar-refractivity contribution in [2.45, 2.75) is 20.0 Å². The van der Waals surface area contributed by atoms with Crippen LogP contribution in [-0.2, 0) is 11.2 Å². The zero-order valence-corrected chi connectivity index (χ0v) is 13.1. The standard InChI is InChI=1S/C16H14F2N4O3/c1-9-12(15(24)22-13(20-9)5-6-19-22)8-14(23)21-10-3-2-4-11(7-10)25-16(17)18/h2-7,16,19H,8H2,1H3,(H,21,23). The number of fused-ring (bicyclic) bond motifs is 1. The van der Waals surface area contributed by atoms with E-state index in [1.165, 1.54) is 28.8 Å². The van der Waals surface area contributed by atoms with Gasteiger partial charge in [0.05, 0.1) is 6.42 Å². The fourth-order valence-corrected chi connectivity index (χ4v) is 2.43. The molecule has 2 N–H and O–H groups in total. The molecule has 7 nitrogen and oxygen atoms in total. The van der Waals surface area contributed by atoms with Gasteiger partial charge in [0.25, 0.3) is 5.56 Å². The Balaban J connectivity index is 1.78. The molecular weight excluding hydrogens is 334 g/mol. The van der Waals surface area contributed by atoms with Gasteiger partial charge in [0.2, 0.25) is 5.91 Å². The molecule has 0 aliphatic heterocycles. The van der Waals surface area contributed by atoms with Gasteiger partial charge < -0.3 is 10.1 Å². The number of ether oxygens (including phenoxy) is 1. The molecule has 0 bridgehead atoms. The number of amides is 1. The maximum Gasteiger partial charge on any atom is 0.387 e. The van der Waals surface area contributed by atoms with Crippen LogP contribution in [0.25, 0.3) is 5.65 Å². The quantitative estimate of drug-likeness (QED) is 0.739. The number of halogens is 2. The topological polar surface area (TPSA) is 88.5 Å². The van der Waals surface area contributed by atoms with Crippen LogP contribution < -0.4 is 15.6 Å². The highest BCUT2D eigenvalue weighted by Gasteiger charge is 2.15. The predicted molar refractivity (Wildman–Crippen MR) is 86.0 cm³/mol. The molecule has 0 radical (unpaired) electrons. The summed E-state index contributed by atoms with van der Waals surface area (Å²) in [6.07, 6.45) is 1.38. The lowest BCUT2D eigenvalue weighted by Crippen LogP contribution is -2.26. The van der Waals surface area contributed by atoms with E-state index in [4.69, 9.17) is 0 Å². The van der Waals surface area contributed by atoms with Gasteiger partial charge in [-0.25, -0.2) is 9.50 Å². The first-order chi connectivity index (χ1) is 11.9. The number of rotatable bonds is 5. The molecule has 2 heterocycles. The van der Waals surface area contributed by atoms with Gasteiger partial charge in [0, 0.05) is 35.3 Å². The van der Waals surface area contributed by atoms with Crippen molar-refractivity contribution in [2.75, 3.05) is 5.32 Å². The van der Waals surface area contributed by atoms with Crippen LogP contribution in [-0.4, -0.2) is 27.1 Å². The van der Waals surface area contributed by atoms with E-state index in [1.54, 1.807) is 19.2 Å². The molecule has 0 spiro atoms. The van der Waals surface area contributed by atoms with Crippen molar-refractivity contribution >= 4 is 17.2 Å². The number of alkyl halides is 2. The molecule has 0 atom stereocenters. The van der Waals surface area contributed by atoms with Crippen molar-refractivity contribution in [3.8, 4) is 5.75 Å². The summed E-state index contributed by atoms with van der Waals surface area (Å²) in [6.45, 7) is -1.30. The van der Waals surface area contributed by atoms with Gasteiger partial charge in [-0.3, -0.25) is 14.7 Å². The highest BCUT2D eigenvalue weighted by molar-refractivity contribution is 5.92. The number of H-pyrrole nitrogens is 1. The van der Waals surface area contributed by atoms with E-state index in [1.807, 2.05) is 0 Å². The predicted octanol–water partition coefficient (Wildman–Crippen LogP) is 2.11. The normalized spacial score (nSPS) is 11.0. The molecular formula is C16H14F2N4O3. The first-order valence-corrected chi connectivity index (χ1v) is 7.34. The highest BCUT2D eigenvalue weighted by atomic mass is 19.3. The summed E-state index contributed by atoms with van der Waals surface area (Å²) in [5.74, 6) is -0.541. The van der Waals surface area contributed by atoms with Crippen LogP contribution in [0.2, 0.25) is 0 Å². The minimum absolute atomic E-state index is 0.0708. The Morgan fingerprint density at radius 1 is 1.40 bits per heavy atom. The Morgan fingerprint density at radius 2 is 2.20 bits per heavy atom. The third-order valence-electron chi connectivity index (χ3n) is 3.53. The lowest BCUT2D eigenvalue weighted by Gasteiger charge is -2.09. The molecule has 3 rings (SSSR count). The van der Waals surface area contributed by atoms with Crippen LogP contribution in [0, 0.1) is 6.92 Å². The zero-order chi connectivity index (χ0) is 18.0. The van der Waals surface area contributed by atoms with Crippen molar-refractivity contribution in [3.63, 3.8) is 0 Å². The van der Waals surface area contributed by atoms with Gasteiger partial charge >= 0.3 is 6.61 Å². The van der Waals surface area contributed by atoms with Crippen molar-refractivity contribution in [1.82, 2.24) is 14.6 Å². The van der Waals surface area contributed by atoms with Gasteiger partial charge in [-0.1, -0.05) is 6.07 Å².